The lowest BCUT2D eigenvalue weighted by molar-refractivity contribution is 0.503. The maximum Gasteiger partial charge on any atom is 0.191 e. The first-order valence-corrected chi connectivity index (χ1v) is 10.2. The maximum absolute atomic E-state index is 4.79. The van der Waals surface area contributed by atoms with Gasteiger partial charge in [-0.1, -0.05) is 38.1 Å². The molecule has 3 rings (SSSR count). The van der Waals surface area contributed by atoms with Crippen LogP contribution in [0.2, 0.25) is 0 Å². The van der Waals surface area contributed by atoms with Gasteiger partial charge in [0.25, 0.3) is 0 Å². The van der Waals surface area contributed by atoms with Gasteiger partial charge < -0.3 is 15.2 Å². The molecule has 1 aromatic carbocycles. The van der Waals surface area contributed by atoms with Crippen molar-refractivity contribution in [3.63, 3.8) is 0 Å². The van der Waals surface area contributed by atoms with Crippen LogP contribution in [-0.4, -0.2) is 31.8 Å². The first-order valence-electron chi connectivity index (χ1n) is 10.2. The second-order valence-electron chi connectivity index (χ2n) is 7.41. The van der Waals surface area contributed by atoms with Crippen LogP contribution < -0.4 is 10.6 Å². The summed E-state index contributed by atoms with van der Waals surface area (Å²) in [4.78, 5) is 9.27. The SMILES string of the molecule is CCNC(=NCc1ccccc1Cn1cccn1)NCc1nccn1CC(C)C.I. The minimum atomic E-state index is 0. The van der Waals surface area contributed by atoms with E-state index in [0.717, 1.165) is 31.4 Å². The predicted molar refractivity (Wildman–Crippen MR) is 132 cm³/mol. The number of nitrogens with zero attached hydrogens (tertiary/aromatic N) is 5. The number of nitrogens with one attached hydrogen (secondary N) is 2. The molecular weight excluding hydrogens is 489 g/mol. The van der Waals surface area contributed by atoms with Crippen molar-refractivity contribution in [3.8, 4) is 0 Å². The molecule has 0 fully saturated rings. The quantitative estimate of drug-likeness (QED) is 0.256. The normalized spacial score (nSPS) is 11.4. The molecule has 0 bridgehead atoms. The molecule has 30 heavy (non-hydrogen) atoms. The largest absolute Gasteiger partial charge is 0.357 e. The Labute approximate surface area is 196 Å². The van der Waals surface area contributed by atoms with Crippen LogP contribution >= 0.6 is 24.0 Å². The van der Waals surface area contributed by atoms with Gasteiger partial charge in [-0.2, -0.15) is 5.10 Å². The second-order valence-corrected chi connectivity index (χ2v) is 7.41. The zero-order chi connectivity index (χ0) is 20.5. The molecule has 0 aliphatic carbocycles. The van der Waals surface area contributed by atoms with E-state index in [2.05, 4.69) is 70.3 Å². The Morgan fingerprint density at radius 2 is 1.87 bits per heavy atom. The molecule has 0 spiro atoms. The zero-order valence-corrected chi connectivity index (χ0v) is 20.3. The minimum absolute atomic E-state index is 0. The van der Waals surface area contributed by atoms with Crippen LogP contribution in [-0.2, 0) is 26.2 Å². The summed E-state index contributed by atoms with van der Waals surface area (Å²) in [7, 11) is 0. The van der Waals surface area contributed by atoms with Crippen molar-refractivity contribution < 1.29 is 0 Å². The number of hydrogen-bond acceptors (Lipinski definition) is 3. The molecule has 0 atom stereocenters. The van der Waals surface area contributed by atoms with Crippen LogP contribution in [0.5, 0.6) is 0 Å². The van der Waals surface area contributed by atoms with Crippen LogP contribution in [0, 0.1) is 5.92 Å². The minimum Gasteiger partial charge on any atom is -0.357 e. The third kappa shape index (κ3) is 7.16. The summed E-state index contributed by atoms with van der Waals surface area (Å²) in [6.07, 6.45) is 7.67. The molecule has 7 nitrogen and oxygen atoms in total. The van der Waals surface area contributed by atoms with Gasteiger partial charge in [0.1, 0.15) is 5.82 Å². The lowest BCUT2D eigenvalue weighted by Crippen LogP contribution is -2.37. The van der Waals surface area contributed by atoms with Gasteiger partial charge in [-0.05, 0) is 30.0 Å². The zero-order valence-electron chi connectivity index (χ0n) is 18.0. The molecule has 0 saturated heterocycles. The van der Waals surface area contributed by atoms with Crippen LogP contribution in [0.15, 0.2) is 60.1 Å². The molecule has 2 heterocycles. The van der Waals surface area contributed by atoms with E-state index in [9.17, 15) is 0 Å². The lowest BCUT2D eigenvalue weighted by Gasteiger charge is -2.14. The van der Waals surface area contributed by atoms with Gasteiger partial charge in [0.05, 0.1) is 19.6 Å². The molecule has 162 valence electrons. The van der Waals surface area contributed by atoms with Gasteiger partial charge in [0, 0.05) is 37.9 Å². The van der Waals surface area contributed by atoms with Crippen molar-refractivity contribution in [1.82, 2.24) is 30.0 Å². The third-order valence-corrected chi connectivity index (χ3v) is 4.54. The van der Waals surface area contributed by atoms with Crippen molar-refractivity contribution in [2.24, 2.45) is 10.9 Å². The molecule has 8 heteroatoms. The molecule has 2 aromatic heterocycles. The van der Waals surface area contributed by atoms with E-state index < -0.39 is 0 Å². The number of imidazole rings is 1. The monoisotopic (exact) mass is 521 g/mol. The van der Waals surface area contributed by atoms with Crippen molar-refractivity contribution in [3.05, 3.63) is 72.1 Å². The van der Waals surface area contributed by atoms with Gasteiger partial charge in [0.15, 0.2) is 5.96 Å². The lowest BCUT2D eigenvalue weighted by atomic mass is 10.1. The summed E-state index contributed by atoms with van der Waals surface area (Å²) >= 11 is 0. The van der Waals surface area contributed by atoms with Gasteiger partial charge in [-0.3, -0.25) is 4.68 Å². The summed E-state index contributed by atoms with van der Waals surface area (Å²) in [5.41, 5.74) is 2.42. The Kier molecular flexibility index (Phi) is 9.85. The van der Waals surface area contributed by atoms with Gasteiger partial charge in [-0.15, -0.1) is 24.0 Å². The molecule has 3 aromatic rings. The Bertz CT molecular complexity index is 900. The Hall–Kier alpha value is -2.36. The van der Waals surface area contributed by atoms with E-state index in [1.807, 2.05) is 29.3 Å². The molecule has 0 radical (unpaired) electrons. The van der Waals surface area contributed by atoms with Crippen LogP contribution in [0.3, 0.4) is 0 Å². The van der Waals surface area contributed by atoms with E-state index in [1.54, 1.807) is 6.20 Å². The number of aromatic nitrogens is 4. The number of rotatable bonds is 9. The fourth-order valence-corrected chi connectivity index (χ4v) is 3.17. The van der Waals surface area contributed by atoms with Crippen molar-refractivity contribution in [2.45, 2.75) is 47.0 Å². The first-order chi connectivity index (χ1) is 14.2. The predicted octanol–water partition coefficient (Wildman–Crippen LogP) is 3.66. The van der Waals surface area contributed by atoms with Gasteiger partial charge in [0.2, 0.25) is 0 Å². The fraction of sp³-hybridized carbons (Fsp3) is 0.409. The molecule has 0 aliphatic rings. The van der Waals surface area contributed by atoms with Gasteiger partial charge in [-0.25, -0.2) is 9.98 Å². The number of halogens is 1. The molecule has 0 amide bonds. The highest BCUT2D eigenvalue weighted by molar-refractivity contribution is 14.0. The summed E-state index contributed by atoms with van der Waals surface area (Å²) in [5.74, 6) is 2.39. The summed E-state index contributed by atoms with van der Waals surface area (Å²) in [6, 6.07) is 10.3. The molecule has 0 unspecified atom stereocenters. The number of benzene rings is 1. The first kappa shape index (κ1) is 23.9. The second kappa shape index (κ2) is 12.4. The van der Waals surface area contributed by atoms with Crippen molar-refractivity contribution >= 4 is 29.9 Å². The molecule has 2 N–H and O–H groups in total. The molecule has 0 aliphatic heterocycles. The number of guanidine groups is 1. The van der Waals surface area contributed by atoms with Gasteiger partial charge >= 0.3 is 0 Å². The number of aliphatic imine (C=N–C) groups is 1. The molecular formula is C22H32IN7. The van der Waals surface area contributed by atoms with Crippen molar-refractivity contribution in [2.75, 3.05) is 6.54 Å². The van der Waals surface area contributed by atoms with Crippen LogP contribution in [0.25, 0.3) is 0 Å². The van der Waals surface area contributed by atoms with E-state index in [-0.39, 0.29) is 24.0 Å². The van der Waals surface area contributed by atoms with E-state index in [4.69, 9.17) is 4.99 Å². The van der Waals surface area contributed by atoms with E-state index >= 15 is 0 Å². The summed E-state index contributed by atoms with van der Waals surface area (Å²) in [6.45, 7) is 10.3. The smallest absolute Gasteiger partial charge is 0.191 e. The van der Waals surface area contributed by atoms with Crippen molar-refractivity contribution in [1.29, 1.82) is 0 Å². The highest BCUT2D eigenvalue weighted by Gasteiger charge is 2.07. The highest BCUT2D eigenvalue weighted by atomic mass is 127. The molecule has 0 saturated carbocycles. The van der Waals surface area contributed by atoms with Crippen LogP contribution in [0.1, 0.15) is 37.7 Å². The Morgan fingerprint density at radius 1 is 1.07 bits per heavy atom. The fourth-order valence-electron chi connectivity index (χ4n) is 3.17. The average molecular weight is 521 g/mol. The number of hydrogen-bond donors (Lipinski definition) is 2. The van der Waals surface area contributed by atoms with Crippen LogP contribution in [0.4, 0.5) is 0 Å². The van der Waals surface area contributed by atoms with E-state index in [1.165, 1.54) is 11.1 Å². The topological polar surface area (TPSA) is 72.1 Å². The maximum atomic E-state index is 4.79. The third-order valence-electron chi connectivity index (χ3n) is 4.54. The summed E-state index contributed by atoms with van der Waals surface area (Å²) in [5, 5.41) is 11.0. The summed E-state index contributed by atoms with van der Waals surface area (Å²) < 4.78 is 4.13. The Morgan fingerprint density at radius 3 is 2.57 bits per heavy atom. The highest BCUT2D eigenvalue weighted by Crippen LogP contribution is 2.12. The van der Waals surface area contributed by atoms with E-state index in [0.29, 0.717) is 19.0 Å². The average Bonchev–Trinajstić information content (AvgIpc) is 3.37. The Balaban J connectivity index is 0.00000320. The standard InChI is InChI=1S/C22H31N7.HI/c1-4-23-22(26-15-21-24-11-13-28(21)16-18(2)3)25-14-19-8-5-6-9-20(19)17-29-12-7-10-27-29;/h5-13,18H,4,14-17H2,1-3H3,(H2,23,25,26);1H.